The molecule has 0 aromatic rings. The standard InChI is InChI=1S/C7H8O5.Na/c1-2-11-6(9)5-4(8)3-12-7(5)10;/h8H,2-3H2,1H3;/q;+1/p-1. The van der Waals surface area contributed by atoms with Crippen molar-refractivity contribution >= 4 is 11.9 Å². The fraction of sp³-hybridized carbons (Fsp3) is 0.429. The van der Waals surface area contributed by atoms with Crippen molar-refractivity contribution in [1.82, 2.24) is 0 Å². The normalized spacial score (nSPS) is 15.0. The molecule has 0 atom stereocenters. The Morgan fingerprint density at radius 3 is 2.69 bits per heavy atom. The predicted octanol–water partition coefficient (Wildman–Crippen LogP) is -4.28. The maximum atomic E-state index is 10.9. The molecule has 0 aliphatic carbocycles. The van der Waals surface area contributed by atoms with Crippen LogP contribution in [0.25, 0.3) is 0 Å². The number of hydrogen-bond acceptors (Lipinski definition) is 5. The molecule has 1 rings (SSSR count). The van der Waals surface area contributed by atoms with Crippen LogP contribution in [0.1, 0.15) is 6.92 Å². The van der Waals surface area contributed by atoms with E-state index in [9.17, 15) is 14.7 Å². The molecule has 1 heterocycles. The topological polar surface area (TPSA) is 75.7 Å². The number of carbonyl (C=O) groups is 2. The molecule has 0 radical (unpaired) electrons. The van der Waals surface area contributed by atoms with Crippen LogP contribution in [0.4, 0.5) is 0 Å². The monoisotopic (exact) mass is 194 g/mol. The van der Waals surface area contributed by atoms with Crippen LogP contribution in [0.3, 0.4) is 0 Å². The van der Waals surface area contributed by atoms with Gasteiger partial charge in [-0.2, -0.15) is 0 Å². The molecule has 5 nitrogen and oxygen atoms in total. The van der Waals surface area contributed by atoms with Crippen molar-refractivity contribution in [2.75, 3.05) is 13.2 Å². The van der Waals surface area contributed by atoms with Gasteiger partial charge in [-0.3, -0.25) is 0 Å². The van der Waals surface area contributed by atoms with Gasteiger partial charge in [-0.25, -0.2) is 9.59 Å². The van der Waals surface area contributed by atoms with Crippen LogP contribution in [-0.2, 0) is 19.1 Å². The number of ether oxygens (including phenoxy) is 2. The first-order chi connectivity index (χ1) is 5.66. The van der Waals surface area contributed by atoms with Gasteiger partial charge in [0, 0.05) is 0 Å². The van der Waals surface area contributed by atoms with E-state index in [0.29, 0.717) is 0 Å². The van der Waals surface area contributed by atoms with Crippen molar-refractivity contribution in [2.45, 2.75) is 6.92 Å². The van der Waals surface area contributed by atoms with Crippen molar-refractivity contribution in [3.8, 4) is 0 Å². The van der Waals surface area contributed by atoms with E-state index in [1.165, 1.54) is 0 Å². The summed E-state index contributed by atoms with van der Waals surface area (Å²) < 4.78 is 8.79. The summed E-state index contributed by atoms with van der Waals surface area (Å²) in [5.41, 5.74) is -0.503. The third-order valence-electron chi connectivity index (χ3n) is 1.30. The van der Waals surface area contributed by atoms with E-state index >= 15 is 0 Å². The van der Waals surface area contributed by atoms with Crippen LogP contribution < -0.4 is 34.7 Å². The molecule has 0 saturated carbocycles. The second-order valence-corrected chi connectivity index (χ2v) is 2.09. The third-order valence-corrected chi connectivity index (χ3v) is 1.30. The van der Waals surface area contributed by atoms with Crippen molar-refractivity contribution in [3.63, 3.8) is 0 Å². The summed E-state index contributed by atoms with van der Waals surface area (Å²) in [6.45, 7) is 1.36. The summed E-state index contributed by atoms with van der Waals surface area (Å²) in [4.78, 5) is 21.6. The predicted molar refractivity (Wildman–Crippen MR) is 34.6 cm³/mol. The smallest absolute Gasteiger partial charge is 0.872 e. The molecule has 0 amide bonds. The van der Waals surface area contributed by atoms with Gasteiger partial charge in [0.2, 0.25) is 0 Å². The summed E-state index contributed by atoms with van der Waals surface area (Å²) in [6.07, 6.45) is 0. The first-order valence-corrected chi connectivity index (χ1v) is 3.41. The van der Waals surface area contributed by atoms with E-state index in [-0.39, 0.29) is 42.8 Å². The van der Waals surface area contributed by atoms with Crippen molar-refractivity contribution in [1.29, 1.82) is 0 Å². The van der Waals surface area contributed by atoms with Crippen LogP contribution in [0.5, 0.6) is 0 Å². The number of hydrogen-bond donors (Lipinski definition) is 0. The van der Waals surface area contributed by atoms with Gasteiger partial charge in [-0.05, 0) is 6.92 Å². The largest absolute Gasteiger partial charge is 1.00 e. The number of rotatable bonds is 2. The Hall–Kier alpha value is -0.520. The summed E-state index contributed by atoms with van der Waals surface area (Å²) in [5, 5.41) is 10.8. The number of esters is 2. The summed E-state index contributed by atoms with van der Waals surface area (Å²) in [6, 6.07) is 0. The molecular formula is C7H7NaO5. The zero-order chi connectivity index (χ0) is 9.14. The number of cyclic esters (lactones) is 1. The van der Waals surface area contributed by atoms with E-state index in [0.717, 1.165) is 0 Å². The maximum Gasteiger partial charge on any atom is 1.00 e. The SMILES string of the molecule is CCOC(=O)C1=C([O-])COC1=O.[Na+]. The van der Waals surface area contributed by atoms with Gasteiger partial charge in [-0.1, -0.05) is 5.76 Å². The molecule has 0 saturated heterocycles. The average Bonchev–Trinajstić information content (AvgIpc) is 2.32. The fourth-order valence-electron chi connectivity index (χ4n) is 0.790. The second-order valence-electron chi connectivity index (χ2n) is 2.09. The minimum atomic E-state index is -0.898. The molecule has 0 spiro atoms. The van der Waals surface area contributed by atoms with Crippen LogP contribution in [0, 0.1) is 0 Å². The quantitative estimate of drug-likeness (QED) is 0.253. The van der Waals surface area contributed by atoms with Gasteiger partial charge in [0.15, 0.2) is 0 Å². The molecule has 0 aromatic heterocycles. The van der Waals surface area contributed by atoms with E-state index in [4.69, 9.17) is 0 Å². The van der Waals surface area contributed by atoms with Crippen molar-refractivity contribution in [2.24, 2.45) is 0 Å². The number of carbonyl (C=O) groups excluding carboxylic acids is 2. The van der Waals surface area contributed by atoms with Crippen molar-refractivity contribution < 1.29 is 53.7 Å². The molecule has 13 heavy (non-hydrogen) atoms. The molecule has 1 aliphatic heterocycles. The van der Waals surface area contributed by atoms with Gasteiger partial charge >= 0.3 is 41.5 Å². The molecule has 0 unspecified atom stereocenters. The molecule has 66 valence electrons. The minimum absolute atomic E-state index is 0. The molecular weight excluding hydrogens is 187 g/mol. The Labute approximate surface area is 97.0 Å². The second kappa shape index (κ2) is 5.26. The summed E-state index contributed by atoms with van der Waals surface area (Å²) in [7, 11) is 0. The Morgan fingerprint density at radius 1 is 1.69 bits per heavy atom. The zero-order valence-electron chi connectivity index (χ0n) is 7.46. The van der Waals surface area contributed by atoms with Gasteiger partial charge < -0.3 is 14.6 Å². The first kappa shape index (κ1) is 12.5. The summed E-state index contributed by atoms with van der Waals surface area (Å²) in [5.74, 6) is -2.40. The molecule has 6 heteroatoms. The Balaban J connectivity index is 0.00000144. The van der Waals surface area contributed by atoms with E-state index in [1.807, 2.05) is 0 Å². The van der Waals surface area contributed by atoms with Crippen LogP contribution in [0.2, 0.25) is 0 Å². The van der Waals surface area contributed by atoms with Crippen LogP contribution in [-0.4, -0.2) is 25.2 Å². The maximum absolute atomic E-state index is 10.9. The Kier molecular flexibility index (Phi) is 5.05. The van der Waals surface area contributed by atoms with Crippen molar-refractivity contribution in [3.05, 3.63) is 11.3 Å². The van der Waals surface area contributed by atoms with Crippen LogP contribution in [0.15, 0.2) is 11.3 Å². The zero-order valence-corrected chi connectivity index (χ0v) is 9.46. The Bertz CT molecular complexity index is 258. The minimum Gasteiger partial charge on any atom is -0.872 e. The van der Waals surface area contributed by atoms with Gasteiger partial charge in [-0.15, -0.1) is 0 Å². The third kappa shape index (κ3) is 2.72. The molecule has 1 aliphatic rings. The van der Waals surface area contributed by atoms with E-state index < -0.39 is 23.3 Å². The van der Waals surface area contributed by atoms with Crippen LogP contribution >= 0.6 is 0 Å². The average molecular weight is 194 g/mol. The van der Waals surface area contributed by atoms with E-state index in [2.05, 4.69) is 9.47 Å². The molecule has 0 fully saturated rings. The van der Waals surface area contributed by atoms with Gasteiger partial charge in [0.25, 0.3) is 0 Å². The Morgan fingerprint density at radius 2 is 2.31 bits per heavy atom. The molecule has 0 N–H and O–H groups in total. The molecule has 0 bridgehead atoms. The van der Waals surface area contributed by atoms with E-state index in [1.54, 1.807) is 6.92 Å². The fourth-order valence-corrected chi connectivity index (χ4v) is 0.790. The molecule has 0 aromatic carbocycles. The van der Waals surface area contributed by atoms with Gasteiger partial charge in [0.05, 0.1) is 6.61 Å². The summed E-state index contributed by atoms with van der Waals surface area (Å²) >= 11 is 0. The van der Waals surface area contributed by atoms with Gasteiger partial charge in [0.1, 0.15) is 12.2 Å². The first-order valence-electron chi connectivity index (χ1n) is 3.41.